The summed E-state index contributed by atoms with van der Waals surface area (Å²) in [7, 11) is 0. The molecule has 58 heavy (non-hydrogen) atoms. The number of unbranched alkanes of at least 4 members (excludes halogenated alkanes) is 10. The Morgan fingerprint density at radius 3 is 1.17 bits per heavy atom. The smallest absolute Gasteiger partial charge is 0.263 e. The molecule has 0 unspecified atom stereocenters. The second-order valence-corrected chi connectivity index (χ2v) is 19.1. The van der Waals surface area contributed by atoms with Gasteiger partial charge in [-0.1, -0.05) is 132 Å². The van der Waals surface area contributed by atoms with Crippen molar-refractivity contribution in [3.05, 3.63) is 69.8 Å². The summed E-state index contributed by atoms with van der Waals surface area (Å²) < 4.78 is 0. The number of carbonyl (C=O) groups is 4. The van der Waals surface area contributed by atoms with Gasteiger partial charge < -0.3 is 9.97 Å². The average molecular weight is 781 g/mol. The van der Waals surface area contributed by atoms with Crippen LogP contribution in [0, 0.1) is 0 Å². The Balaban J connectivity index is 1.47. The van der Waals surface area contributed by atoms with Crippen LogP contribution in [0.15, 0.2) is 36.4 Å². The summed E-state index contributed by atoms with van der Waals surface area (Å²) in [6.07, 6.45) is 12.2. The monoisotopic (exact) mass is 780 g/mol. The zero-order chi connectivity index (χ0) is 41.3. The van der Waals surface area contributed by atoms with Gasteiger partial charge in [-0.2, -0.15) is 0 Å². The third-order valence-corrected chi connectivity index (χ3v) is 12.9. The fourth-order valence-electron chi connectivity index (χ4n) is 9.55. The average Bonchev–Trinajstić information content (AvgIpc) is 3.74. The molecular formula is C50H60N4O4. The van der Waals surface area contributed by atoms with Gasteiger partial charge in [-0.3, -0.25) is 29.0 Å². The Bertz CT molecular complexity index is 2500. The van der Waals surface area contributed by atoms with Gasteiger partial charge in [-0.15, -0.1) is 0 Å². The molecule has 2 N–H and O–H groups in total. The lowest BCUT2D eigenvalue weighted by molar-refractivity contribution is 0.0589. The first-order chi connectivity index (χ1) is 27.7. The molecule has 2 aromatic heterocycles. The number of fused-ring (bicyclic) bond motifs is 10. The second-order valence-electron chi connectivity index (χ2n) is 19.1. The lowest BCUT2D eigenvalue weighted by atomic mass is 9.80. The van der Waals surface area contributed by atoms with Crippen LogP contribution in [0.5, 0.6) is 0 Å². The molecule has 0 radical (unpaired) electrons. The highest BCUT2D eigenvalue weighted by molar-refractivity contribution is 6.45. The molecule has 0 saturated heterocycles. The van der Waals surface area contributed by atoms with Crippen LogP contribution < -0.4 is 0 Å². The van der Waals surface area contributed by atoms with Crippen molar-refractivity contribution in [1.82, 2.24) is 19.8 Å². The minimum atomic E-state index is -0.379. The van der Waals surface area contributed by atoms with E-state index in [1.807, 2.05) is 12.1 Å². The fraction of sp³-hybridized carbons (Fsp3) is 0.480. The number of imide groups is 2. The number of H-pyrrole nitrogens is 2. The predicted octanol–water partition coefficient (Wildman–Crippen LogP) is 12.6. The van der Waals surface area contributed by atoms with E-state index >= 15 is 19.2 Å². The van der Waals surface area contributed by atoms with Crippen LogP contribution in [0.4, 0.5) is 0 Å². The van der Waals surface area contributed by atoms with E-state index in [1.54, 1.807) is 0 Å². The van der Waals surface area contributed by atoms with Crippen molar-refractivity contribution < 1.29 is 19.2 Å². The molecule has 0 saturated carbocycles. The zero-order valence-electron chi connectivity index (χ0n) is 35.9. The lowest BCUT2D eigenvalue weighted by Crippen LogP contribution is -2.44. The largest absolute Gasteiger partial charge is 0.354 e. The molecule has 0 spiro atoms. The van der Waals surface area contributed by atoms with E-state index in [0.29, 0.717) is 80.8 Å². The third-order valence-electron chi connectivity index (χ3n) is 12.9. The van der Waals surface area contributed by atoms with Gasteiger partial charge in [0.2, 0.25) is 0 Å². The quantitative estimate of drug-likeness (QED) is 0.0848. The molecule has 8 nitrogen and oxygen atoms in total. The van der Waals surface area contributed by atoms with Gasteiger partial charge in [0.1, 0.15) is 0 Å². The van der Waals surface area contributed by atoms with Crippen LogP contribution in [-0.4, -0.2) is 56.5 Å². The SMILES string of the molecule is CCCCCCCCN1C(=O)c2c3[nH]c4ccc(C(C)(C)C)cc4c3c3c4c(c5c([nH]c6ccc(C(C)(C)C)cc65)c(c24)C1=O)C(=O)N(CCCCCCCC)C3=O. The first kappa shape index (κ1) is 39.8. The van der Waals surface area contributed by atoms with E-state index in [2.05, 4.69) is 89.6 Å². The molecule has 0 atom stereocenters. The Hall–Kier alpha value is -4.98. The van der Waals surface area contributed by atoms with E-state index in [0.717, 1.165) is 84.3 Å². The van der Waals surface area contributed by atoms with Crippen LogP contribution >= 0.6 is 0 Å². The number of carbonyl (C=O) groups excluding carboxylic acids is 4. The minimum absolute atomic E-state index is 0.181. The summed E-state index contributed by atoms with van der Waals surface area (Å²) in [4.78, 5) is 70.7. The minimum Gasteiger partial charge on any atom is -0.354 e. The number of hydrogen-bond donors (Lipinski definition) is 2. The number of amides is 4. The molecule has 4 aromatic carbocycles. The summed E-state index contributed by atoms with van der Waals surface area (Å²) in [5.74, 6) is -1.48. The first-order valence-corrected chi connectivity index (χ1v) is 22.0. The summed E-state index contributed by atoms with van der Waals surface area (Å²) in [5, 5.41) is 3.82. The van der Waals surface area contributed by atoms with Gasteiger partial charge >= 0.3 is 0 Å². The van der Waals surface area contributed by atoms with Crippen molar-refractivity contribution in [1.29, 1.82) is 0 Å². The fourth-order valence-corrected chi connectivity index (χ4v) is 9.55. The van der Waals surface area contributed by atoms with Gasteiger partial charge in [-0.25, -0.2) is 0 Å². The molecule has 8 rings (SSSR count). The molecule has 8 heteroatoms. The molecule has 2 aliphatic rings. The van der Waals surface area contributed by atoms with E-state index < -0.39 is 0 Å². The standard InChI is InChI=1S/C50H60N4O4/c1-9-11-13-15-17-19-25-53-45(55)39-35-31-27-29(49(3,4)5)21-23-33(31)51-43(35)41-38-37(39)40(46(53)56)36-32-28-30(50(6,7)8)22-24-34(32)52-44(36)42(38)48(58)54(47(41)57)26-20-18-16-14-12-10-2/h21-24,27-28,51-52H,9-20,25-26H2,1-8H3. The third kappa shape index (κ3) is 6.42. The predicted molar refractivity (Wildman–Crippen MR) is 238 cm³/mol. The Morgan fingerprint density at radius 2 is 0.793 bits per heavy atom. The number of hydrogen-bond acceptors (Lipinski definition) is 4. The van der Waals surface area contributed by atoms with Gasteiger partial charge in [0.25, 0.3) is 23.6 Å². The maximum Gasteiger partial charge on any atom is 0.263 e. The van der Waals surface area contributed by atoms with E-state index in [-0.39, 0.29) is 34.5 Å². The Kier molecular flexibility index (Phi) is 10.3. The molecular weight excluding hydrogens is 721 g/mol. The molecule has 304 valence electrons. The molecule has 6 aromatic rings. The van der Waals surface area contributed by atoms with Gasteiger partial charge in [0.15, 0.2) is 0 Å². The molecule has 0 fully saturated rings. The van der Waals surface area contributed by atoms with Gasteiger partial charge in [-0.05, 0) is 59.1 Å². The van der Waals surface area contributed by atoms with Crippen molar-refractivity contribution in [2.75, 3.05) is 13.1 Å². The number of nitrogens with one attached hydrogen (secondary N) is 2. The summed E-state index contributed by atoms with van der Waals surface area (Å²) in [5.41, 5.74) is 6.08. The number of aromatic nitrogens is 2. The van der Waals surface area contributed by atoms with E-state index in [9.17, 15) is 0 Å². The van der Waals surface area contributed by atoms with Crippen LogP contribution in [0.1, 0.15) is 185 Å². The first-order valence-electron chi connectivity index (χ1n) is 22.0. The highest BCUT2D eigenvalue weighted by atomic mass is 16.2. The molecule has 0 aliphatic carbocycles. The summed E-state index contributed by atoms with van der Waals surface area (Å²) in [6.45, 7) is 18.0. The Labute approximate surface area is 342 Å². The number of nitrogens with zero attached hydrogens (tertiary/aromatic N) is 2. The van der Waals surface area contributed by atoms with Crippen LogP contribution in [-0.2, 0) is 10.8 Å². The van der Waals surface area contributed by atoms with Crippen molar-refractivity contribution in [3.63, 3.8) is 0 Å². The van der Waals surface area contributed by atoms with Crippen LogP contribution in [0.25, 0.3) is 54.4 Å². The van der Waals surface area contributed by atoms with Crippen LogP contribution in [0.3, 0.4) is 0 Å². The Morgan fingerprint density at radius 1 is 0.448 bits per heavy atom. The maximum atomic E-state index is 15.2. The van der Waals surface area contributed by atoms with Gasteiger partial charge in [0.05, 0.1) is 33.3 Å². The van der Waals surface area contributed by atoms with Crippen molar-refractivity contribution in [3.8, 4) is 0 Å². The van der Waals surface area contributed by atoms with Crippen LogP contribution in [0.2, 0.25) is 0 Å². The highest BCUT2D eigenvalue weighted by Gasteiger charge is 2.45. The second kappa shape index (κ2) is 15.0. The number of rotatable bonds is 14. The summed E-state index contributed by atoms with van der Waals surface area (Å²) >= 11 is 0. The zero-order valence-corrected chi connectivity index (χ0v) is 35.9. The van der Waals surface area contributed by atoms with E-state index in [1.165, 1.54) is 22.6 Å². The normalized spacial score (nSPS) is 14.9. The maximum absolute atomic E-state index is 15.2. The lowest BCUT2D eigenvalue weighted by Gasteiger charge is -2.33. The number of benzene rings is 4. The van der Waals surface area contributed by atoms with Crippen molar-refractivity contribution in [2.24, 2.45) is 0 Å². The topological polar surface area (TPSA) is 106 Å². The molecule has 4 amide bonds. The van der Waals surface area contributed by atoms with Crippen molar-refractivity contribution >= 4 is 78.0 Å². The number of aromatic amines is 2. The molecule has 2 aliphatic heterocycles. The highest BCUT2D eigenvalue weighted by Crippen LogP contribution is 2.50. The molecule has 4 heterocycles. The van der Waals surface area contributed by atoms with E-state index in [4.69, 9.17) is 0 Å². The molecule has 0 bridgehead atoms. The van der Waals surface area contributed by atoms with Gasteiger partial charge in [0, 0.05) is 56.4 Å². The summed E-state index contributed by atoms with van der Waals surface area (Å²) in [6, 6.07) is 12.5. The van der Waals surface area contributed by atoms with Crippen molar-refractivity contribution in [2.45, 2.75) is 143 Å².